The van der Waals surface area contributed by atoms with Crippen LogP contribution >= 0.6 is 0 Å². The van der Waals surface area contributed by atoms with Crippen molar-refractivity contribution in [2.24, 2.45) is 0 Å². The van der Waals surface area contributed by atoms with Crippen LogP contribution in [0.15, 0.2) is 42.7 Å². The topological polar surface area (TPSA) is 24.1 Å². The molecule has 2 N–H and O–H groups in total. The highest BCUT2D eigenvalue weighted by Gasteiger charge is 1.81. The van der Waals surface area contributed by atoms with Crippen molar-refractivity contribution in [3.63, 3.8) is 0 Å². The van der Waals surface area contributed by atoms with Crippen molar-refractivity contribution in [1.29, 1.82) is 0 Å². The molecule has 0 fully saturated rings. The summed E-state index contributed by atoms with van der Waals surface area (Å²) in [4.78, 5) is 0. The molecule has 0 aliphatic carbocycles. The van der Waals surface area contributed by atoms with Crippen LogP contribution in [-0.4, -0.2) is 7.05 Å². The quantitative estimate of drug-likeness (QED) is 0.682. The first-order chi connectivity index (χ1) is 5.43. The highest BCUT2D eigenvalue weighted by atomic mass is 14.9. The van der Waals surface area contributed by atoms with E-state index in [0.29, 0.717) is 0 Å². The molecule has 1 aromatic carbocycles. The van der Waals surface area contributed by atoms with E-state index >= 15 is 0 Å². The van der Waals surface area contributed by atoms with E-state index in [1.807, 2.05) is 49.8 Å². The van der Waals surface area contributed by atoms with Gasteiger partial charge in [0.2, 0.25) is 0 Å². The molecule has 0 heterocycles. The molecule has 0 bridgehead atoms. The summed E-state index contributed by atoms with van der Waals surface area (Å²) >= 11 is 0. The molecular weight excluding hydrogens is 136 g/mol. The lowest BCUT2D eigenvalue weighted by molar-refractivity contribution is 1.10. The molecule has 1 rings (SSSR count). The zero-order chi connectivity index (χ0) is 7.94. The lowest BCUT2D eigenvalue weighted by Crippen LogP contribution is -1.94. The van der Waals surface area contributed by atoms with Crippen molar-refractivity contribution < 1.29 is 0 Å². The van der Waals surface area contributed by atoms with Gasteiger partial charge in [-0.1, -0.05) is 18.2 Å². The largest absolute Gasteiger partial charge is 0.393 e. The molecule has 11 heavy (non-hydrogen) atoms. The van der Waals surface area contributed by atoms with E-state index in [2.05, 4.69) is 10.6 Å². The molecule has 0 radical (unpaired) electrons. The van der Waals surface area contributed by atoms with Gasteiger partial charge in [-0.15, -0.1) is 0 Å². The second kappa shape index (κ2) is 4.39. The molecule has 58 valence electrons. The Balaban J connectivity index is 2.45. The van der Waals surface area contributed by atoms with Gasteiger partial charge >= 0.3 is 0 Å². The third-order valence-corrected chi connectivity index (χ3v) is 1.27. The van der Waals surface area contributed by atoms with E-state index in [4.69, 9.17) is 0 Å². The predicted octanol–water partition coefficient (Wildman–Crippen LogP) is 1.79. The fraction of sp³-hybridized carbons (Fsp3) is 0.111. The van der Waals surface area contributed by atoms with E-state index in [9.17, 15) is 0 Å². The maximum Gasteiger partial charge on any atom is 0.0380 e. The molecule has 0 aromatic heterocycles. The van der Waals surface area contributed by atoms with Crippen LogP contribution in [0.4, 0.5) is 5.69 Å². The zero-order valence-corrected chi connectivity index (χ0v) is 6.54. The van der Waals surface area contributed by atoms with Crippen molar-refractivity contribution in [1.82, 2.24) is 5.32 Å². The minimum Gasteiger partial charge on any atom is -0.393 e. The average molecular weight is 148 g/mol. The van der Waals surface area contributed by atoms with Gasteiger partial charge in [0.15, 0.2) is 0 Å². The molecule has 0 saturated heterocycles. The normalized spacial score (nSPS) is 9.91. The minimum atomic E-state index is 1.10. The Hall–Kier alpha value is -1.44. The summed E-state index contributed by atoms with van der Waals surface area (Å²) in [5.41, 5.74) is 1.10. The summed E-state index contributed by atoms with van der Waals surface area (Å²) < 4.78 is 0. The molecule has 0 spiro atoms. The van der Waals surface area contributed by atoms with Crippen LogP contribution in [0, 0.1) is 0 Å². The number of anilines is 1. The Morgan fingerprint density at radius 2 is 1.82 bits per heavy atom. The SMILES string of the molecule is CNC=CNc1ccccc1. The molecule has 0 amide bonds. The Kier molecular flexibility index (Phi) is 3.06. The van der Waals surface area contributed by atoms with Gasteiger partial charge in [-0.2, -0.15) is 0 Å². The molecule has 2 nitrogen and oxygen atoms in total. The smallest absolute Gasteiger partial charge is 0.0380 e. The molecule has 0 unspecified atom stereocenters. The summed E-state index contributed by atoms with van der Waals surface area (Å²) in [6.07, 6.45) is 3.70. The van der Waals surface area contributed by atoms with Crippen LogP contribution in [0.5, 0.6) is 0 Å². The van der Waals surface area contributed by atoms with Gasteiger partial charge in [0.1, 0.15) is 0 Å². The van der Waals surface area contributed by atoms with E-state index in [0.717, 1.165) is 5.69 Å². The van der Waals surface area contributed by atoms with Crippen molar-refractivity contribution >= 4 is 5.69 Å². The van der Waals surface area contributed by atoms with Gasteiger partial charge in [-0.3, -0.25) is 0 Å². The summed E-state index contributed by atoms with van der Waals surface area (Å²) in [6, 6.07) is 10.0. The van der Waals surface area contributed by atoms with Gasteiger partial charge in [0, 0.05) is 25.1 Å². The summed E-state index contributed by atoms with van der Waals surface area (Å²) in [6.45, 7) is 0. The van der Waals surface area contributed by atoms with Crippen molar-refractivity contribution in [2.45, 2.75) is 0 Å². The summed E-state index contributed by atoms with van der Waals surface area (Å²) in [5, 5.41) is 6.00. The van der Waals surface area contributed by atoms with Crippen molar-refractivity contribution in [3.05, 3.63) is 42.7 Å². The first-order valence-electron chi connectivity index (χ1n) is 3.57. The Labute approximate surface area is 66.9 Å². The Morgan fingerprint density at radius 3 is 2.45 bits per heavy atom. The van der Waals surface area contributed by atoms with Gasteiger partial charge in [0.25, 0.3) is 0 Å². The first kappa shape index (κ1) is 7.66. The number of hydrogen-bond acceptors (Lipinski definition) is 2. The minimum absolute atomic E-state index is 1.10. The third-order valence-electron chi connectivity index (χ3n) is 1.27. The maximum absolute atomic E-state index is 3.10. The van der Waals surface area contributed by atoms with Gasteiger partial charge < -0.3 is 10.6 Å². The van der Waals surface area contributed by atoms with Crippen molar-refractivity contribution in [3.8, 4) is 0 Å². The Bertz CT molecular complexity index is 216. The lowest BCUT2D eigenvalue weighted by Gasteiger charge is -1.97. The van der Waals surface area contributed by atoms with Crippen LogP contribution in [-0.2, 0) is 0 Å². The number of benzene rings is 1. The van der Waals surface area contributed by atoms with Crippen LogP contribution < -0.4 is 10.6 Å². The maximum atomic E-state index is 3.10. The Morgan fingerprint density at radius 1 is 1.09 bits per heavy atom. The standard InChI is InChI=1S/C9H12N2/c1-10-7-8-11-9-5-3-2-4-6-9/h2-8,10-11H,1H3. The third kappa shape index (κ3) is 2.76. The van der Waals surface area contributed by atoms with E-state index in [-0.39, 0.29) is 0 Å². The molecular formula is C9H12N2. The van der Waals surface area contributed by atoms with E-state index in [1.54, 1.807) is 0 Å². The second-order valence-corrected chi connectivity index (χ2v) is 2.13. The number of rotatable bonds is 3. The molecule has 1 aromatic rings. The number of para-hydroxylation sites is 1. The highest BCUT2D eigenvalue weighted by molar-refractivity contribution is 5.44. The summed E-state index contributed by atoms with van der Waals surface area (Å²) in [7, 11) is 1.86. The molecule has 0 saturated carbocycles. The zero-order valence-electron chi connectivity index (χ0n) is 6.54. The van der Waals surface area contributed by atoms with Crippen LogP contribution in [0.2, 0.25) is 0 Å². The number of hydrogen-bond donors (Lipinski definition) is 2. The monoisotopic (exact) mass is 148 g/mol. The van der Waals surface area contributed by atoms with Crippen molar-refractivity contribution in [2.75, 3.05) is 12.4 Å². The first-order valence-corrected chi connectivity index (χ1v) is 3.57. The lowest BCUT2D eigenvalue weighted by atomic mass is 10.3. The second-order valence-electron chi connectivity index (χ2n) is 2.13. The molecule has 0 aliphatic heterocycles. The van der Waals surface area contributed by atoms with Crippen LogP contribution in [0.1, 0.15) is 0 Å². The molecule has 0 aliphatic rings. The number of nitrogens with one attached hydrogen (secondary N) is 2. The van der Waals surface area contributed by atoms with Crippen LogP contribution in [0.25, 0.3) is 0 Å². The van der Waals surface area contributed by atoms with Gasteiger partial charge in [-0.05, 0) is 12.1 Å². The van der Waals surface area contributed by atoms with E-state index < -0.39 is 0 Å². The van der Waals surface area contributed by atoms with Crippen LogP contribution in [0.3, 0.4) is 0 Å². The van der Waals surface area contributed by atoms with E-state index in [1.165, 1.54) is 0 Å². The molecule has 2 heteroatoms. The average Bonchev–Trinajstić information content (AvgIpc) is 2.07. The fourth-order valence-corrected chi connectivity index (χ4v) is 0.756. The highest BCUT2D eigenvalue weighted by Crippen LogP contribution is 2.03. The summed E-state index contributed by atoms with van der Waals surface area (Å²) in [5.74, 6) is 0. The fourth-order valence-electron chi connectivity index (χ4n) is 0.756. The molecule has 0 atom stereocenters. The van der Waals surface area contributed by atoms with Gasteiger partial charge in [0.05, 0.1) is 0 Å². The van der Waals surface area contributed by atoms with Gasteiger partial charge in [-0.25, -0.2) is 0 Å². The predicted molar refractivity (Wildman–Crippen MR) is 48.3 cm³/mol.